The first-order chi connectivity index (χ1) is 20.1. The Hall–Kier alpha value is -3.57. The van der Waals surface area contributed by atoms with Gasteiger partial charge >= 0.3 is 0 Å². The lowest BCUT2D eigenvalue weighted by molar-refractivity contribution is -0.138. The summed E-state index contributed by atoms with van der Waals surface area (Å²) in [6.45, 7) is 7.51. The van der Waals surface area contributed by atoms with Gasteiger partial charge in [-0.15, -0.1) is 0 Å². The van der Waals surface area contributed by atoms with E-state index in [1.165, 1.54) is 32.1 Å². The van der Waals surface area contributed by atoms with Gasteiger partial charge in [0.25, 0.3) is 0 Å². The van der Waals surface area contributed by atoms with E-state index >= 15 is 0 Å². The number of amides is 1. The van der Waals surface area contributed by atoms with Gasteiger partial charge in [0, 0.05) is 45.7 Å². The molecule has 3 aliphatic rings. The van der Waals surface area contributed by atoms with Gasteiger partial charge in [0.2, 0.25) is 11.9 Å². The minimum absolute atomic E-state index is 0.187. The number of hydrogen-bond acceptors (Lipinski definition) is 8. The Bertz CT molecular complexity index is 1570. The van der Waals surface area contributed by atoms with Crippen LogP contribution in [0.1, 0.15) is 50.7 Å². The van der Waals surface area contributed by atoms with Gasteiger partial charge in [-0.3, -0.25) is 14.3 Å². The highest BCUT2D eigenvalue weighted by molar-refractivity contribution is 5.86. The maximum Gasteiger partial charge on any atom is 0.239 e. The van der Waals surface area contributed by atoms with Crippen molar-refractivity contribution < 1.29 is 9.53 Å². The molecule has 216 valence electrons. The summed E-state index contributed by atoms with van der Waals surface area (Å²) >= 11 is 0. The first-order valence-electron chi connectivity index (χ1n) is 15.1. The molecule has 4 aromatic rings. The Morgan fingerprint density at radius 2 is 1.73 bits per heavy atom. The second-order valence-electron chi connectivity index (χ2n) is 11.5. The van der Waals surface area contributed by atoms with E-state index in [1.54, 1.807) is 0 Å². The summed E-state index contributed by atoms with van der Waals surface area (Å²) in [7, 11) is 2.00. The molecule has 2 aliphatic heterocycles. The number of piperazine rings is 1. The molecular weight excluding hydrogens is 518 g/mol. The number of morpholine rings is 1. The van der Waals surface area contributed by atoms with Gasteiger partial charge < -0.3 is 19.1 Å². The summed E-state index contributed by atoms with van der Waals surface area (Å²) in [4.78, 5) is 40.0. The van der Waals surface area contributed by atoms with Gasteiger partial charge in [0.1, 0.15) is 11.6 Å². The first-order valence-corrected chi connectivity index (χ1v) is 15.1. The summed E-state index contributed by atoms with van der Waals surface area (Å²) in [6.07, 6.45) is 7.08. The minimum atomic E-state index is 0.187. The molecule has 11 nitrogen and oxygen atoms in total. The van der Waals surface area contributed by atoms with Gasteiger partial charge in [0.15, 0.2) is 17.0 Å². The van der Waals surface area contributed by atoms with Gasteiger partial charge in [-0.25, -0.2) is 9.97 Å². The van der Waals surface area contributed by atoms with Crippen molar-refractivity contribution >= 4 is 33.9 Å². The number of para-hydroxylation sites is 2. The lowest BCUT2D eigenvalue weighted by Crippen LogP contribution is -2.53. The normalized spacial score (nSPS) is 19.6. The van der Waals surface area contributed by atoms with Crippen molar-refractivity contribution in [3.63, 3.8) is 0 Å². The molecule has 1 saturated carbocycles. The summed E-state index contributed by atoms with van der Waals surface area (Å²) in [5.41, 5.74) is 3.45. The Balaban J connectivity index is 1.25. The maximum atomic E-state index is 13.3. The van der Waals surface area contributed by atoms with E-state index in [0.717, 1.165) is 72.3 Å². The molecule has 0 unspecified atom stereocenters. The number of ether oxygens (including phenoxy) is 1. The third kappa shape index (κ3) is 4.84. The predicted octanol–water partition coefficient (Wildman–Crippen LogP) is 3.08. The standard InChI is InChI=1S/C30H39N9O2/c1-3-24-31-22-11-7-8-12-23(22)39(24)30-33-28-27(29(34-30)36-15-17-41-18-16-36)32-25(35(28)2)19-38-14-13-37(20-26(38)40)21-9-5-4-6-10-21/h7-8,11-12,21H,3-6,9-10,13-20H2,1-2H3. The van der Waals surface area contributed by atoms with E-state index in [4.69, 9.17) is 24.7 Å². The number of hydrogen-bond donors (Lipinski definition) is 0. The highest BCUT2D eigenvalue weighted by Gasteiger charge is 2.31. The molecular formula is C30H39N9O2. The molecule has 0 bridgehead atoms. The Morgan fingerprint density at radius 1 is 0.927 bits per heavy atom. The van der Waals surface area contributed by atoms with Gasteiger partial charge in [-0.1, -0.05) is 38.3 Å². The number of fused-ring (bicyclic) bond motifs is 2. The average Bonchev–Trinajstić information content (AvgIpc) is 3.55. The maximum absolute atomic E-state index is 13.3. The van der Waals surface area contributed by atoms with Crippen LogP contribution in [-0.2, 0) is 29.5 Å². The van der Waals surface area contributed by atoms with Crippen molar-refractivity contribution in [1.82, 2.24) is 38.9 Å². The number of carbonyl (C=O) groups is 1. The molecule has 0 N–H and O–H groups in total. The zero-order valence-electron chi connectivity index (χ0n) is 24.1. The van der Waals surface area contributed by atoms with E-state index in [1.807, 2.05) is 34.7 Å². The molecule has 5 heterocycles. The fourth-order valence-electron chi connectivity index (χ4n) is 6.68. The minimum Gasteiger partial charge on any atom is -0.378 e. The van der Waals surface area contributed by atoms with Crippen molar-refractivity contribution in [2.45, 2.75) is 58.0 Å². The van der Waals surface area contributed by atoms with Crippen LogP contribution in [-0.4, -0.2) is 96.8 Å². The third-order valence-electron chi connectivity index (χ3n) is 9.01. The number of rotatable bonds is 6. The summed E-state index contributed by atoms with van der Waals surface area (Å²) in [5.74, 6) is 3.33. The van der Waals surface area contributed by atoms with E-state index in [2.05, 4.69) is 27.4 Å². The van der Waals surface area contributed by atoms with Crippen molar-refractivity contribution in [1.29, 1.82) is 0 Å². The fourth-order valence-corrected chi connectivity index (χ4v) is 6.68. The fraction of sp³-hybridized carbons (Fsp3) is 0.567. The largest absolute Gasteiger partial charge is 0.378 e. The molecule has 41 heavy (non-hydrogen) atoms. The number of imidazole rings is 2. The van der Waals surface area contributed by atoms with Crippen LogP contribution < -0.4 is 4.90 Å². The van der Waals surface area contributed by atoms with Crippen LogP contribution in [0.25, 0.3) is 28.1 Å². The van der Waals surface area contributed by atoms with Crippen molar-refractivity contribution in [2.75, 3.05) is 50.8 Å². The topological polar surface area (TPSA) is 97.4 Å². The number of aryl methyl sites for hydroxylation is 2. The van der Waals surface area contributed by atoms with E-state index in [-0.39, 0.29) is 5.91 Å². The van der Waals surface area contributed by atoms with Crippen LogP contribution in [0.3, 0.4) is 0 Å². The average molecular weight is 558 g/mol. The number of anilines is 1. The lowest BCUT2D eigenvalue weighted by atomic mass is 9.94. The van der Waals surface area contributed by atoms with Gasteiger partial charge in [-0.05, 0) is 25.0 Å². The molecule has 0 atom stereocenters. The molecule has 2 saturated heterocycles. The zero-order chi connectivity index (χ0) is 27.9. The van der Waals surface area contributed by atoms with Crippen molar-refractivity contribution in [2.24, 2.45) is 7.05 Å². The van der Waals surface area contributed by atoms with E-state index < -0.39 is 0 Å². The van der Waals surface area contributed by atoms with Crippen LogP contribution in [0.2, 0.25) is 0 Å². The molecule has 0 radical (unpaired) electrons. The molecule has 1 aliphatic carbocycles. The lowest BCUT2D eigenvalue weighted by Gasteiger charge is -2.40. The quantitative estimate of drug-likeness (QED) is 0.357. The first kappa shape index (κ1) is 26.3. The molecule has 0 spiro atoms. The predicted molar refractivity (Wildman–Crippen MR) is 157 cm³/mol. The molecule has 3 aromatic heterocycles. The SMILES string of the molecule is CCc1nc2ccccc2n1-c1nc(N2CCOCC2)c2nc(CN3CCN(C4CCCCC4)CC3=O)n(C)c2n1. The third-order valence-corrected chi connectivity index (χ3v) is 9.01. The highest BCUT2D eigenvalue weighted by Crippen LogP contribution is 2.29. The molecule has 7 rings (SSSR count). The second kappa shape index (κ2) is 11.0. The Morgan fingerprint density at radius 3 is 2.51 bits per heavy atom. The van der Waals surface area contributed by atoms with Crippen molar-refractivity contribution in [3.05, 3.63) is 35.9 Å². The number of nitrogens with zero attached hydrogens (tertiary/aromatic N) is 9. The summed E-state index contributed by atoms with van der Waals surface area (Å²) in [6, 6.07) is 8.68. The molecule has 11 heteroatoms. The monoisotopic (exact) mass is 557 g/mol. The number of aromatic nitrogens is 6. The number of carbonyl (C=O) groups excluding carboxylic acids is 1. The van der Waals surface area contributed by atoms with Crippen LogP contribution >= 0.6 is 0 Å². The molecule has 3 fully saturated rings. The summed E-state index contributed by atoms with van der Waals surface area (Å²) < 4.78 is 9.76. The van der Waals surface area contributed by atoms with Gasteiger partial charge in [-0.2, -0.15) is 9.97 Å². The van der Waals surface area contributed by atoms with E-state index in [0.29, 0.717) is 38.3 Å². The van der Waals surface area contributed by atoms with Gasteiger partial charge in [0.05, 0.1) is 37.3 Å². The van der Waals surface area contributed by atoms with E-state index in [9.17, 15) is 4.79 Å². The smallest absolute Gasteiger partial charge is 0.239 e. The molecule has 1 amide bonds. The van der Waals surface area contributed by atoms with Crippen LogP contribution in [0, 0.1) is 0 Å². The zero-order valence-corrected chi connectivity index (χ0v) is 24.1. The van der Waals surface area contributed by atoms with Crippen LogP contribution in [0.5, 0.6) is 0 Å². The Kier molecular flexibility index (Phi) is 7.08. The Labute approximate surface area is 240 Å². The second-order valence-corrected chi connectivity index (χ2v) is 11.5. The highest BCUT2D eigenvalue weighted by atomic mass is 16.5. The number of benzene rings is 1. The summed E-state index contributed by atoms with van der Waals surface area (Å²) in [5, 5.41) is 0. The van der Waals surface area contributed by atoms with Crippen molar-refractivity contribution in [3.8, 4) is 5.95 Å². The van der Waals surface area contributed by atoms with Crippen LogP contribution in [0.4, 0.5) is 5.82 Å². The van der Waals surface area contributed by atoms with Crippen LogP contribution in [0.15, 0.2) is 24.3 Å². The molecule has 1 aromatic carbocycles.